The molecule has 2 aromatic rings. The van der Waals surface area contributed by atoms with Crippen LogP contribution < -0.4 is 4.74 Å². The van der Waals surface area contributed by atoms with Crippen molar-refractivity contribution in [3.8, 4) is 5.75 Å². The van der Waals surface area contributed by atoms with Crippen molar-refractivity contribution in [1.82, 2.24) is 0 Å². The van der Waals surface area contributed by atoms with E-state index in [4.69, 9.17) is 9.15 Å². The first kappa shape index (κ1) is 12.2. The summed E-state index contributed by atoms with van der Waals surface area (Å²) in [5.41, 5.74) is 0.488. The number of fused-ring (bicyclic) bond motifs is 1. The van der Waals surface area contributed by atoms with Crippen molar-refractivity contribution in [3.63, 3.8) is 0 Å². The molecule has 1 aromatic carbocycles. The summed E-state index contributed by atoms with van der Waals surface area (Å²) in [6, 6.07) is 6.66. The number of hydrogen-bond acceptors (Lipinski definition) is 5. The van der Waals surface area contributed by atoms with Gasteiger partial charge in [-0.2, -0.15) is 0 Å². The van der Waals surface area contributed by atoms with Gasteiger partial charge < -0.3 is 13.9 Å². The first-order valence-electron chi connectivity index (χ1n) is 5.45. The van der Waals surface area contributed by atoms with Crippen molar-refractivity contribution in [3.05, 3.63) is 30.0 Å². The van der Waals surface area contributed by atoms with Crippen LogP contribution in [0.2, 0.25) is 0 Å². The number of esters is 1. The molecule has 1 aromatic heterocycles. The summed E-state index contributed by atoms with van der Waals surface area (Å²) in [5.74, 6) is -1.18. The maximum atomic E-state index is 11.7. The fourth-order valence-corrected chi connectivity index (χ4v) is 1.62. The molecule has 0 aliphatic heterocycles. The number of furan rings is 1. The minimum Gasteiger partial charge on any atom is -0.496 e. The monoisotopic (exact) mass is 248 g/mol. The van der Waals surface area contributed by atoms with Crippen LogP contribution >= 0.6 is 0 Å². The lowest BCUT2D eigenvalue weighted by Crippen LogP contribution is -2.16. The highest BCUT2D eigenvalue weighted by atomic mass is 16.5. The molecule has 5 nitrogen and oxygen atoms in total. The second-order valence-electron chi connectivity index (χ2n) is 3.53. The summed E-state index contributed by atoms with van der Waals surface area (Å²) >= 11 is 0. The lowest BCUT2D eigenvalue weighted by Gasteiger charge is -1.98. The van der Waals surface area contributed by atoms with Crippen molar-refractivity contribution < 1.29 is 23.5 Å². The molecule has 94 valence electrons. The maximum absolute atomic E-state index is 11.7. The topological polar surface area (TPSA) is 65.7 Å². The highest BCUT2D eigenvalue weighted by Gasteiger charge is 2.22. The number of carbonyl (C=O) groups excluding carboxylic acids is 2. The first-order valence-corrected chi connectivity index (χ1v) is 5.45. The summed E-state index contributed by atoms with van der Waals surface area (Å²) in [6.45, 7) is 1.78. The smallest absolute Gasteiger partial charge is 0.383 e. The van der Waals surface area contributed by atoms with Crippen molar-refractivity contribution in [2.75, 3.05) is 13.7 Å². The van der Waals surface area contributed by atoms with Gasteiger partial charge in [0.05, 0.1) is 19.1 Å². The molecule has 0 aliphatic carbocycles. The molecule has 18 heavy (non-hydrogen) atoms. The highest BCUT2D eigenvalue weighted by molar-refractivity contribution is 6.40. The third-order valence-corrected chi connectivity index (χ3v) is 2.43. The van der Waals surface area contributed by atoms with E-state index in [0.717, 1.165) is 0 Å². The van der Waals surface area contributed by atoms with Crippen molar-refractivity contribution in [2.24, 2.45) is 0 Å². The molecule has 0 saturated carbocycles. The third kappa shape index (κ3) is 2.07. The summed E-state index contributed by atoms with van der Waals surface area (Å²) in [4.78, 5) is 23.0. The van der Waals surface area contributed by atoms with E-state index in [1.54, 1.807) is 25.1 Å². The molecule has 0 unspecified atom stereocenters. The van der Waals surface area contributed by atoms with E-state index in [0.29, 0.717) is 16.7 Å². The zero-order chi connectivity index (χ0) is 13.1. The zero-order valence-electron chi connectivity index (χ0n) is 10.1. The van der Waals surface area contributed by atoms with E-state index in [1.807, 2.05) is 0 Å². The molecule has 0 fully saturated rings. The van der Waals surface area contributed by atoms with Crippen LogP contribution in [0, 0.1) is 0 Å². The largest absolute Gasteiger partial charge is 0.496 e. The van der Waals surface area contributed by atoms with Crippen LogP contribution in [0.4, 0.5) is 0 Å². The molecule has 0 atom stereocenters. The molecule has 5 heteroatoms. The van der Waals surface area contributed by atoms with Gasteiger partial charge in [-0.25, -0.2) is 4.79 Å². The van der Waals surface area contributed by atoms with Gasteiger partial charge in [0.15, 0.2) is 5.76 Å². The molecule has 0 amide bonds. The van der Waals surface area contributed by atoms with E-state index < -0.39 is 11.8 Å². The first-order chi connectivity index (χ1) is 8.67. The number of hydrogen-bond donors (Lipinski definition) is 0. The fraction of sp³-hybridized carbons (Fsp3) is 0.231. The molecule has 0 radical (unpaired) electrons. The van der Waals surface area contributed by atoms with Crippen LogP contribution in [0.3, 0.4) is 0 Å². The molecule has 2 rings (SSSR count). The van der Waals surface area contributed by atoms with Crippen LogP contribution in [0.15, 0.2) is 28.7 Å². The quantitative estimate of drug-likeness (QED) is 0.471. The van der Waals surface area contributed by atoms with Gasteiger partial charge in [-0.15, -0.1) is 0 Å². The van der Waals surface area contributed by atoms with Gasteiger partial charge in [-0.3, -0.25) is 4.79 Å². The van der Waals surface area contributed by atoms with Gasteiger partial charge in [0.1, 0.15) is 11.3 Å². The number of ketones is 1. The number of rotatable bonds is 4. The average Bonchev–Trinajstić information content (AvgIpc) is 2.81. The van der Waals surface area contributed by atoms with Gasteiger partial charge in [0.25, 0.3) is 0 Å². The van der Waals surface area contributed by atoms with Crippen LogP contribution in [0.1, 0.15) is 17.5 Å². The number of carbonyl (C=O) groups is 2. The SMILES string of the molecule is CCOC(=O)C(=O)c1cc2c(OC)cccc2o1. The number of methoxy groups -OCH3 is 1. The third-order valence-electron chi connectivity index (χ3n) is 2.43. The van der Waals surface area contributed by atoms with Gasteiger partial charge >= 0.3 is 11.8 Å². The predicted octanol–water partition coefficient (Wildman–Crippen LogP) is 2.19. The molecular weight excluding hydrogens is 236 g/mol. The van der Waals surface area contributed by atoms with Gasteiger partial charge in [0.2, 0.25) is 0 Å². The Hall–Kier alpha value is -2.30. The van der Waals surface area contributed by atoms with Crippen molar-refractivity contribution in [2.45, 2.75) is 6.92 Å². The van der Waals surface area contributed by atoms with E-state index >= 15 is 0 Å². The lowest BCUT2D eigenvalue weighted by atomic mass is 10.2. The normalized spacial score (nSPS) is 10.3. The fourth-order valence-electron chi connectivity index (χ4n) is 1.62. The minimum absolute atomic E-state index is 0.0482. The minimum atomic E-state index is -0.921. The summed E-state index contributed by atoms with van der Waals surface area (Å²) in [5, 5.41) is 0.646. The molecular formula is C13H12O5. The molecule has 0 aliphatic rings. The second kappa shape index (κ2) is 4.91. The Labute approximate surface area is 103 Å². The number of Topliss-reactive ketones (excluding diaryl/α,β-unsaturated/α-hetero) is 1. The van der Waals surface area contributed by atoms with Crippen molar-refractivity contribution >= 4 is 22.7 Å². The molecule has 0 saturated heterocycles. The Kier molecular flexibility index (Phi) is 3.32. The van der Waals surface area contributed by atoms with Crippen LogP contribution in [-0.4, -0.2) is 25.5 Å². The molecule has 1 heterocycles. The number of ether oxygens (including phenoxy) is 2. The average molecular weight is 248 g/mol. The van der Waals surface area contributed by atoms with E-state index in [2.05, 4.69) is 4.74 Å². The Morgan fingerprint density at radius 2 is 2.11 bits per heavy atom. The standard InChI is InChI=1S/C13H12O5/c1-3-17-13(15)12(14)11-7-8-9(16-2)5-4-6-10(8)18-11/h4-7H,3H2,1-2H3. The highest BCUT2D eigenvalue weighted by Crippen LogP contribution is 2.28. The van der Waals surface area contributed by atoms with Gasteiger partial charge in [-0.1, -0.05) is 6.07 Å². The van der Waals surface area contributed by atoms with Crippen LogP contribution in [0.25, 0.3) is 11.0 Å². The van der Waals surface area contributed by atoms with E-state index in [-0.39, 0.29) is 12.4 Å². The molecule has 0 N–H and O–H groups in total. The Bertz CT molecular complexity index is 596. The molecule has 0 bridgehead atoms. The Balaban J connectivity index is 2.41. The second-order valence-corrected chi connectivity index (χ2v) is 3.53. The van der Waals surface area contributed by atoms with Crippen molar-refractivity contribution in [1.29, 1.82) is 0 Å². The lowest BCUT2D eigenvalue weighted by molar-refractivity contribution is -0.137. The van der Waals surface area contributed by atoms with Crippen LogP contribution in [-0.2, 0) is 9.53 Å². The summed E-state index contributed by atoms with van der Waals surface area (Å²) in [7, 11) is 1.52. The van der Waals surface area contributed by atoms with Gasteiger partial charge in [0, 0.05) is 0 Å². The summed E-state index contributed by atoms with van der Waals surface area (Å²) in [6.07, 6.45) is 0. The molecule has 0 spiro atoms. The van der Waals surface area contributed by atoms with Crippen LogP contribution in [0.5, 0.6) is 5.75 Å². The number of benzene rings is 1. The predicted molar refractivity (Wildman–Crippen MR) is 63.7 cm³/mol. The van der Waals surface area contributed by atoms with Gasteiger partial charge in [-0.05, 0) is 25.1 Å². The zero-order valence-corrected chi connectivity index (χ0v) is 10.1. The Morgan fingerprint density at radius 3 is 2.78 bits per heavy atom. The van der Waals surface area contributed by atoms with E-state index in [1.165, 1.54) is 13.2 Å². The summed E-state index contributed by atoms with van der Waals surface area (Å²) < 4.78 is 15.1. The van der Waals surface area contributed by atoms with E-state index in [9.17, 15) is 9.59 Å². The Morgan fingerprint density at radius 1 is 1.33 bits per heavy atom. The maximum Gasteiger partial charge on any atom is 0.383 e.